The minimum atomic E-state index is 0.325. The Hall–Kier alpha value is -1.55. The van der Waals surface area contributed by atoms with Gasteiger partial charge >= 0.3 is 0 Å². The standard InChI is InChI=1S/C16H17BrN2O/c1-2-20-16-15(7-4-10-18-16)19-14-9-8-11-12(14)5-3-6-13(11)17/h3-7,10,14,19H,2,8-9H2,1H3. The molecular formula is C16H17BrN2O. The van der Waals surface area contributed by atoms with Crippen molar-refractivity contribution in [2.75, 3.05) is 11.9 Å². The first-order valence-corrected chi connectivity index (χ1v) is 7.70. The average Bonchev–Trinajstić information content (AvgIpc) is 2.86. The van der Waals surface area contributed by atoms with E-state index in [0.717, 1.165) is 18.5 Å². The van der Waals surface area contributed by atoms with Gasteiger partial charge in [0.05, 0.1) is 18.3 Å². The Balaban J connectivity index is 1.86. The van der Waals surface area contributed by atoms with Crippen LogP contribution < -0.4 is 10.1 Å². The van der Waals surface area contributed by atoms with Gasteiger partial charge in [0.15, 0.2) is 0 Å². The summed E-state index contributed by atoms with van der Waals surface area (Å²) in [7, 11) is 0. The zero-order valence-corrected chi connectivity index (χ0v) is 13.0. The number of benzene rings is 1. The van der Waals surface area contributed by atoms with Gasteiger partial charge in [-0.05, 0) is 49.1 Å². The molecule has 1 aromatic heterocycles. The number of anilines is 1. The van der Waals surface area contributed by atoms with Gasteiger partial charge in [-0.2, -0.15) is 0 Å². The summed E-state index contributed by atoms with van der Waals surface area (Å²) in [6, 6.07) is 10.7. The predicted molar refractivity (Wildman–Crippen MR) is 84.2 cm³/mol. The SMILES string of the molecule is CCOc1ncccc1NC1CCc2c(Br)cccc21. The number of nitrogens with one attached hydrogen (secondary N) is 1. The van der Waals surface area contributed by atoms with Crippen LogP contribution in [0.5, 0.6) is 5.88 Å². The minimum Gasteiger partial charge on any atom is -0.476 e. The molecule has 1 N–H and O–H groups in total. The molecule has 1 unspecified atom stereocenters. The predicted octanol–water partition coefficient (Wildman–Crippen LogP) is 4.34. The molecule has 104 valence electrons. The topological polar surface area (TPSA) is 34.1 Å². The summed E-state index contributed by atoms with van der Waals surface area (Å²) in [4.78, 5) is 4.29. The number of hydrogen-bond donors (Lipinski definition) is 1. The zero-order chi connectivity index (χ0) is 13.9. The smallest absolute Gasteiger partial charge is 0.237 e. The van der Waals surface area contributed by atoms with Gasteiger partial charge in [-0.15, -0.1) is 0 Å². The number of nitrogens with zero attached hydrogens (tertiary/aromatic N) is 1. The highest BCUT2D eigenvalue weighted by molar-refractivity contribution is 9.10. The third kappa shape index (κ3) is 2.52. The van der Waals surface area contributed by atoms with Crippen LogP contribution in [0.4, 0.5) is 5.69 Å². The second kappa shape index (κ2) is 5.83. The maximum atomic E-state index is 5.58. The molecule has 0 saturated heterocycles. The Bertz CT molecular complexity index is 615. The van der Waals surface area contributed by atoms with E-state index < -0.39 is 0 Å². The van der Waals surface area contributed by atoms with Crippen molar-refractivity contribution in [3.05, 3.63) is 52.1 Å². The van der Waals surface area contributed by atoms with E-state index >= 15 is 0 Å². The van der Waals surface area contributed by atoms with E-state index in [4.69, 9.17) is 4.74 Å². The summed E-state index contributed by atoms with van der Waals surface area (Å²) in [5.74, 6) is 0.679. The molecule has 0 bridgehead atoms. The second-order valence-corrected chi connectivity index (χ2v) is 5.69. The van der Waals surface area contributed by atoms with E-state index in [1.54, 1.807) is 6.20 Å². The van der Waals surface area contributed by atoms with Gasteiger partial charge in [0.1, 0.15) is 0 Å². The molecule has 3 nitrogen and oxygen atoms in total. The van der Waals surface area contributed by atoms with Crippen molar-refractivity contribution in [1.29, 1.82) is 0 Å². The third-order valence-electron chi connectivity index (χ3n) is 3.60. The lowest BCUT2D eigenvalue weighted by Crippen LogP contribution is -2.09. The number of ether oxygens (including phenoxy) is 1. The molecule has 1 atom stereocenters. The quantitative estimate of drug-likeness (QED) is 0.904. The van der Waals surface area contributed by atoms with Crippen molar-refractivity contribution in [2.45, 2.75) is 25.8 Å². The van der Waals surface area contributed by atoms with Crippen LogP contribution in [-0.2, 0) is 6.42 Å². The molecule has 0 saturated carbocycles. The molecule has 0 amide bonds. The zero-order valence-electron chi connectivity index (χ0n) is 11.4. The fourth-order valence-corrected chi connectivity index (χ4v) is 3.28. The molecule has 0 spiro atoms. The van der Waals surface area contributed by atoms with E-state index in [2.05, 4.69) is 44.4 Å². The molecular weight excluding hydrogens is 316 g/mol. The van der Waals surface area contributed by atoms with Gasteiger partial charge < -0.3 is 10.1 Å². The maximum absolute atomic E-state index is 5.58. The van der Waals surface area contributed by atoms with Crippen molar-refractivity contribution in [3.63, 3.8) is 0 Å². The minimum absolute atomic E-state index is 0.325. The van der Waals surface area contributed by atoms with Crippen LogP contribution in [0.25, 0.3) is 0 Å². The Morgan fingerprint density at radius 3 is 3.10 bits per heavy atom. The van der Waals surface area contributed by atoms with Crippen molar-refractivity contribution in [2.24, 2.45) is 0 Å². The molecule has 0 aliphatic heterocycles. The van der Waals surface area contributed by atoms with Crippen molar-refractivity contribution in [1.82, 2.24) is 4.98 Å². The molecule has 1 aromatic carbocycles. The normalized spacial score (nSPS) is 16.8. The highest BCUT2D eigenvalue weighted by atomic mass is 79.9. The third-order valence-corrected chi connectivity index (χ3v) is 4.34. The number of aromatic nitrogens is 1. The van der Waals surface area contributed by atoms with Gasteiger partial charge in [0.25, 0.3) is 0 Å². The highest BCUT2D eigenvalue weighted by Crippen LogP contribution is 2.38. The van der Waals surface area contributed by atoms with Gasteiger partial charge in [0, 0.05) is 10.7 Å². The summed E-state index contributed by atoms with van der Waals surface area (Å²) in [6.45, 7) is 2.60. The maximum Gasteiger partial charge on any atom is 0.237 e. The van der Waals surface area contributed by atoms with E-state index in [1.165, 1.54) is 15.6 Å². The van der Waals surface area contributed by atoms with Crippen LogP contribution in [0.1, 0.15) is 30.5 Å². The molecule has 1 aliphatic carbocycles. The first-order chi connectivity index (χ1) is 9.79. The first-order valence-electron chi connectivity index (χ1n) is 6.91. The van der Waals surface area contributed by atoms with Gasteiger partial charge in [-0.3, -0.25) is 0 Å². The summed E-state index contributed by atoms with van der Waals surface area (Å²) in [5.41, 5.74) is 3.74. The molecule has 3 rings (SSSR count). The Labute approximate surface area is 127 Å². The van der Waals surface area contributed by atoms with Gasteiger partial charge in [-0.1, -0.05) is 28.1 Å². The fourth-order valence-electron chi connectivity index (χ4n) is 2.70. The summed E-state index contributed by atoms with van der Waals surface area (Å²) < 4.78 is 6.78. The molecule has 1 heterocycles. The van der Waals surface area contributed by atoms with E-state index in [1.807, 2.05) is 19.1 Å². The van der Waals surface area contributed by atoms with Crippen molar-refractivity contribution in [3.8, 4) is 5.88 Å². The van der Waals surface area contributed by atoms with Crippen LogP contribution in [0, 0.1) is 0 Å². The highest BCUT2D eigenvalue weighted by Gasteiger charge is 2.24. The Morgan fingerprint density at radius 2 is 2.25 bits per heavy atom. The lowest BCUT2D eigenvalue weighted by atomic mass is 10.1. The number of pyridine rings is 1. The van der Waals surface area contributed by atoms with Crippen LogP contribution in [0.3, 0.4) is 0 Å². The van der Waals surface area contributed by atoms with Crippen LogP contribution in [0.2, 0.25) is 0 Å². The fraction of sp³-hybridized carbons (Fsp3) is 0.312. The average molecular weight is 333 g/mol. The van der Waals surface area contributed by atoms with Crippen LogP contribution in [-0.4, -0.2) is 11.6 Å². The van der Waals surface area contributed by atoms with Crippen LogP contribution >= 0.6 is 15.9 Å². The molecule has 0 radical (unpaired) electrons. The lowest BCUT2D eigenvalue weighted by molar-refractivity contribution is 0.328. The van der Waals surface area contributed by atoms with E-state index in [-0.39, 0.29) is 0 Å². The molecule has 1 aliphatic rings. The van der Waals surface area contributed by atoms with E-state index in [0.29, 0.717) is 18.5 Å². The Kier molecular flexibility index (Phi) is 3.92. The van der Waals surface area contributed by atoms with Crippen LogP contribution in [0.15, 0.2) is 41.0 Å². The number of halogens is 1. The molecule has 4 heteroatoms. The van der Waals surface area contributed by atoms with Crippen molar-refractivity contribution >= 4 is 21.6 Å². The molecule has 0 fully saturated rings. The van der Waals surface area contributed by atoms with Crippen molar-refractivity contribution < 1.29 is 4.74 Å². The summed E-state index contributed by atoms with van der Waals surface area (Å²) in [5, 5.41) is 3.57. The van der Waals surface area contributed by atoms with Gasteiger partial charge in [-0.25, -0.2) is 4.98 Å². The van der Waals surface area contributed by atoms with Gasteiger partial charge in [0.2, 0.25) is 5.88 Å². The lowest BCUT2D eigenvalue weighted by Gasteiger charge is -2.17. The monoisotopic (exact) mass is 332 g/mol. The number of hydrogen-bond acceptors (Lipinski definition) is 3. The van der Waals surface area contributed by atoms with E-state index in [9.17, 15) is 0 Å². The number of fused-ring (bicyclic) bond motifs is 1. The molecule has 20 heavy (non-hydrogen) atoms. The number of rotatable bonds is 4. The Morgan fingerprint density at radius 1 is 1.35 bits per heavy atom. The summed E-state index contributed by atoms with van der Waals surface area (Å²) in [6.07, 6.45) is 3.95. The first kappa shape index (κ1) is 13.4. The molecule has 2 aromatic rings. The second-order valence-electron chi connectivity index (χ2n) is 4.83. The summed E-state index contributed by atoms with van der Waals surface area (Å²) >= 11 is 3.63. The largest absolute Gasteiger partial charge is 0.476 e.